The highest BCUT2D eigenvalue weighted by Crippen LogP contribution is 2.25. The average Bonchev–Trinajstić information content (AvgIpc) is 2.91. The highest BCUT2D eigenvalue weighted by Gasteiger charge is 2.21. The van der Waals surface area contributed by atoms with Crippen LogP contribution in [0.5, 0.6) is 11.5 Å². The Hall–Kier alpha value is -3.16. The molecule has 1 aliphatic heterocycles. The lowest BCUT2D eigenvalue weighted by atomic mass is 10.1. The smallest absolute Gasteiger partial charge is 0.127 e. The number of fused-ring (bicyclic) bond motifs is 2. The lowest BCUT2D eigenvalue weighted by Gasteiger charge is -2.36. The molecule has 2 atom stereocenters. The van der Waals surface area contributed by atoms with Crippen molar-refractivity contribution < 1.29 is 19.7 Å². The van der Waals surface area contributed by atoms with Gasteiger partial charge in [-0.1, -0.05) is 66.7 Å². The minimum absolute atomic E-state index is 0.263. The number of nitrogens with zero attached hydrogens (tertiary/aromatic N) is 2. The molecule has 188 valence electrons. The van der Waals surface area contributed by atoms with Crippen LogP contribution in [-0.4, -0.2) is 84.7 Å². The minimum Gasteiger partial charge on any atom is -0.491 e. The van der Waals surface area contributed by atoms with Gasteiger partial charge in [0.15, 0.2) is 0 Å². The molecule has 1 saturated heterocycles. The molecule has 1 aliphatic rings. The van der Waals surface area contributed by atoms with Gasteiger partial charge in [-0.05, 0) is 34.4 Å². The fourth-order valence-electron chi connectivity index (χ4n) is 4.81. The van der Waals surface area contributed by atoms with Gasteiger partial charge in [0.25, 0.3) is 0 Å². The van der Waals surface area contributed by atoms with Crippen molar-refractivity contribution in [1.29, 1.82) is 0 Å². The van der Waals surface area contributed by atoms with E-state index in [1.165, 1.54) is 5.39 Å². The van der Waals surface area contributed by atoms with Crippen molar-refractivity contribution in [2.24, 2.45) is 0 Å². The van der Waals surface area contributed by atoms with E-state index in [1.54, 1.807) is 0 Å². The molecule has 6 heteroatoms. The maximum absolute atomic E-state index is 10.6. The topological polar surface area (TPSA) is 65.4 Å². The molecule has 6 nitrogen and oxygen atoms in total. The largest absolute Gasteiger partial charge is 0.491 e. The molecular formula is C30H34N2O4. The standard InChI is InChI=1S/C30H34N2O4/c33-26(21-35-28-13-12-23-6-1-2-8-25(23)18-28)19-31-14-16-32(17-15-31)20-27(34)22-36-30-11-5-9-24-7-3-4-10-29(24)30/h1-13,18,26-27,33-34H,14-17,19-22H2/t26-,27+/m0/s1. The van der Waals surface area contributed by atoms with E-state index in [-0.39, 0.29) is 13.2 Å². The zero-order valence-corrected chi connectivity index (χ0v) is 20.5. The molecular weight excluding hydrogens is 452 g/mol. The lowest BCUT2D eigenvalue weighted by Crippen LogP contribution is -2.51. The number of aliphatic hydroxyl groups is 2. The second-order valence-electron chi connectivity index (χ2n) is 9.52. The first kappa shape index (κ1) is 24.5. The molecule has 2 N–H and O–H groups in total. The summed E-state index contributed by atoms with van der Waals surface area (Å²) in [7, 11) is 0. The second-order valence-corrected chi connectivity index (χ2v) is 9.52. The second kappa shape index (κ2) is 11.7. The molecule has 0 aromatic heterocycles. The number of rotatable bonds is 10. The number of ether oxygens (including phenoxy) is 2. The first-order chi connectivity index (χ1) is 17.6. The highest BCUT2D eigenvalue weighted by molar-refractivity contribution is 5.88. The molecule has 0 amide bonds. The summed E-state index contributed by atoms with van der Waals surface area (Å²) in [4.78, 5) is 4.51. The maximum Gasteiger partial charge on any atom is 0.127 e. The summed E-state index contributed by atoms with van der Waals surface area (Å²) in [6.07, 6.45) is -1.11. The summed E-state index contributed by atoms with van der Waals surface area (Å²) in [6.45, 7) is 5.09. The van der Waals surface area contributed by atoms with Crippen LogP contribution in [0.15, 0.2) is 84.9 Å². The third kappa shape index (κ3) is 6.33. The summed E-state index contributed by atoms with van der Waals surface area (Å²) in [5.41, 5.74) is 0. The lowest BCUT2D eigenvalue weighted by molar-refractivity contribution is 0.0242. The zero-order valence-electron chi connectivity index (χ0n) is 20.5. The van der Waals surface area contributed by atoms with Crippen molar-refractivity contribution >= 4 is 21.5 Å². The summed E-state index contributed by atoms with van der Waals surface area (Å²) in [5.74, 6) is 1.58. The van der Waals surface area contributed by atoms with Gasteiger partial charge in [0, 0.05) is 44.7 Å². The number of hydrogen-bond donors (Lipinski definition) is 2. The summed E-state index contributed by atoms with van der Waals surface area (Å²) < 4.78 is 11.8. The van der Waals surface area contributed by atoms with Crippen molar-refractivity contribution in [3.8, 4) is 11.5 Å². The van der Waals surface area contributed by atoms with E-state index in [1.807, 2.05) is 60.7 Å². The molecule has 0 unspecified atom stereocenters. The molecule has 1 heterocycles. The van der Waals surface area contributed by atoms with Crippen molar-refractivity contribution in [1.82, 2.24) is 9.80 Å². The molecule has 5 rings (SSSR count). The molecule has 0 spiro atoms. The predicted molar refractivity (Wildman–Crippen MR) is 144 cm³/mol. The van der Waals surface area contributed by atoms with Gasteiger partial charge in [-0.15, -0.1) is 0 Å². The number of piperazine rings is 1. The molecule has 4 aromatic carbocycles. The summed E-state index contributed by atoms with van der Waals surface area (Å²) in [6, 6.07) is 28.3. The third-order valence-electron chi connectivity index (χ3n) is 6.75. The van der Waals surface area contributed by atoms with E-state index in [4.69, 9.17) is 9.47 Å². The quantitative estimate of drug-likeness (QED) is 0.356. The Morgan fingerprint density at radius 3 is 1.92 bits per heavy atom. The first-order valence-electron chi connectivity index (χ1n) is 12.7. The van der Waals surface area contributed by atoms with Crippen LogP contribution in [0.25, 0.3) is 21.5 Å². The fourth-order valence-corrected chi connectivity index (χ4v) is 4.81. The van der Waals surface area contributed by atoms with Gasteiger partial charge >= 0.3 is 0 Å². The van der Waals surface area contributed by atoms with E-state index in [0.717, 1.165) is 53.8 Å². The number of hydrogen-bond acceptors (Lipinski definition) is 6. The normalized spacial score (nSPS) is 16.7. The number of benzene rings is 4. The van der Waals surface area contributed by atoms with Gasteiger partial charge in [-0.2, -0.15) is 0 Å². The van der Waals surface area contributed by atoms with Crippen LogP contribution in [-0.2, 0) is 0 Å². The van der Waals surface area contributed by atoms with Gasteiger partial charge in [0.05, 0.1) is 0 Å². The van der Waals surface area contributed by atoms with Crippen LogP contribution in [0.3, 0.4) is 0 Å². The van der Waals surface area contributed by atoms with Crippen molar-refractivity contribution in [2.45, 2.75) is 12.2 Å². The van der Waals surface area contributed by atoms with E-state index in [9.17, 15) is 10.2 Å². The Morgan fingerprint density at radius 2 is 1.19 bits per heavy atom. The SMILES string of the molecule is O[C@H](COc1ccc2ccccc2c1)CN1CCN(C[C@@H](O)COc2cccc3ccccc23)CC1. The van der Waals surface area contributed by atoms with Crippen molar-refractivity contribution in [2.75, 3.05) is 52.5 Å². The third-order valence-corrected chi connectivity index (χ3v) is 6.75. The van der Waals surface area contributed by atoms with Crippen LogP contribution in [0.2, 0.25) is 0 Å². The van der Waals surface area contributed by atoms with Crippen LogP contribution in [0.4, 0.5) is 0 Å². The molecule has 1 fully saturated rings. The van der Waals surface area contributed by atoms with Crippen LogP contribution >= 0.6 is 0 Å². The Kier molecular flexibility index (Phi) is 7.98. The Bertz CT molecular complexity index is 1270. The van der Waals surface area contributed by atoms with Crippen LogP contribution < -0.4 is 9.47 Å². The average molecular weight is 487 g/mol. The maximum atomic E-state index is 10.6. The van der Waals surface area contributed by atoms with Gasteiger partial charge in [-0.25, -0.2) is 0 Å². The van der Waals surface area contributed by atoms with Gasteiger partial charge in [-0.3, -0.25) is 9.80 Å². The monoisotopic (exact) mass is 486 g/mol. The molecule has 0 bridgehead atoms. The fraction of sp³-hybridized carbons (Fsp3) is 0.333. The van der Waals surface area contributed by atoms with E-state index < -0.39 is 12.2 Å². The molecule has 0 radical (unpaired) electrons. The predicted octanol–water partition coefficient (Wildman–Crippen LogP) is 3.79. The van der Waals surface area contributed by atoms with Crippen molar-refractivity contribution in [3.63, 3.8) is 0 Å². The Morgan fingerprint density at radius 1 is 0.611 bits per heavy atom. The Labute approximate surface area is 212 Å². The summed E-state index contributed by atoms with van der Waals surface area (Å²) in [5, 5.41) is 25.6. The Balaban J connectivity index is 1.02. The zero-order chi connectivity index (χ0) is 24.7. The summed E-state index contributed by atoms with van der Waals surface area (Å²) >= 11 is 0. The number of aliphatic hydroxyl groups excluding tert-OH is 2. The van der Waals surface area contributed by atoms with E-state index >= 15 is 0 Å². The first-order valence-corrected chi connectivity index (χ1v) is 12.7. The van der Waals surface area contributed by atoms with E-state index in [0.29, 0.717) is 13.1 Å². The highest BCUT2D eigenvalue weighted by atomic mass is 16.5. The van der Waals surface area contributed by atoms with Gasteiger partial charge < -0.3 is 19.7 Å². The molecule has 0 saturated carbocycles. The molecule has 36 heavy (non-hydrogen) atoms. The van der Waals surface area contributed by atoms with Crippen LogP contribution in [0.1, 0.15) is 0 Å². The minimum atomic E-state index is -0.559. The van der Waals surface area contributed by atoms with Gasteiger partial charge in [0.1, 0.15) is 36.9 Å². The molecule has 0 aliphatic carbocycles. The van der Waals surface area contributed by atoms with Gasteiger partial charge in [0.2, 0.25) is 0 Å². The van der Waals surface area contributed by atoms with E-state index in [2.05, 4.69) is 34.1 Å². The van der Waals surface area contributed by atoms with Crippen molar-refractivity contribution in [3.05, 3.63) is 84.9 Å². The molecule has 4 aromatic rings. The van der Waals surface area contributed by atoms with Crippen LogP contribution in [0, 0.1) is 0 Å². The number of β-amino-alcohol motifs (C(OH)–C–C–N with tert-alkyl or cyclic N) is 2.